The van der Waals surface area contributed by atoms with Gasteiger partial charge in [0.25, 0.3) is 0 Å². The zero-order valence-electron chi connectivity index (χ0n) is 23.5. The molecule has 3 aromatic carbocycles. The Labute approximate surface area is 239 Å². The van der Waals surface area contributed by atoms with Gasteiger partial charge in [0.05, 0.1) is 29.5 Å². The number of anilines is 1. The highest BCUT2D eigenvalue weighted by molar-refractivity contribution is 8.00. The molecule has 0 radical (unpaired) electrons. The van der Waals surface area contributed by atoms with Crippen molar-refractivity contribution >= 4 is 29.4 Å². The summed E-state index contributed by atoms with van der Waals surface area (Å²) >= 11 is 1.53. The molecule has 0 spiro atoms. The first-order valence-corrected chi connectivity index (χ1v) is 14.4. The summed E-state index contributed by atoms with van der Waals surface area (Å²) in [5.74, 6) is 1.18. The Morgan fingerprint density at radius 1 is 1.07 bits per heavy atom. The second-order valence-corrected chi connectivity index (χ2v) is 11.4. The molecule has 0 bridgehead atoms. The van der Waals surface area contributed by atoms with E-state index < -0.39 is 0 Å². The van der Waals surface area contributed by atoms with Crippen molar-refractivity contribution in [1.29, 1.82) is 0 Å². The predicted octanol–water partition coefficient (Wildman–Crippen LogP) is 5.86. The average Bonchev–Trinajstić information content (AvgIpc) is 3.25. The average molecular weight is 555 g/mol. The molecule has 0 unspecified atom stereocenters. The minimum Gasteiger partial charge on any atom is -0.496 e. The van der Waals surface area contributed by atoms with Crippen LogP contribution in [0.3, 0.4) is 0 Å². The molecule has 1 aliphatic heterocycles. The van der Waals surface area contributed by atoms with E-state index in [1.54, 1.807) is 12.0 Å². The van der Waals surface area contributed by atoms with E-state index in [1.165, 1.54) is 11.8 Å². The van der Waals surface area contributed by atoms with Crippen LogP contribution in [0, 0.1) is 13.8 Å². The first-order chi connectivity index (χ1) is 19.3. The quantitative estimate of drug-likeness (QED) is 0.310. The smallest absolute Gasteiger partial charge is 0.240 e. The Morgan fingerprint density at radius 2 is 1.80 bits per heavy atom. The summed E-state index contributed by atoms with van der Waals surface area (Å²) in [5, 5.41) is 7.87. The lowest BCUT2D eigenvalue weighted by atomic mass is 9.99. The van der Waals surface area contributed by atoms with Gasteiger partial charge in [0.1, 0.15) is 18.1 Å². The number of benzene rings is 3. The number of para-hydroxylation sites is 1. The summed E-state index contributed by atoms with van der Waals surface area (Å²) in [6.45, 7) is 7.81. The molecule has 2 amide bonds. The number of amides is 2. The highest BCUT2D eigenvalue weighted by Gasteiger charge is 2.38. The fourth-order valence-electron chi connectivity index (χ4n) is 5.18. The topological polar surface area (TPSA) is 76.5 Å². The molecule has 0 fully saturated rings. The van der Waals surface area contributed by atoms with E-state index in [-0.39, 0.29) is 35.4 Å². The molecule has 1 atom stereocenters. The number of aromatic nitrogens is 2. The number of fused-ring (bicyclic) bond motifs is 1. The second-order valence-electron chi connectivity index (χ2n) is 10.3. The maximum absolute atomic E-state index is 13.9. The number of thioether (sulfide) groups is 1. The first-order valence-electron chi connectivity index (χ1n) is 13.4. The molecule has 2 heterocycles. The van der Waals surface area contributed by atoms with Gasteiger partial charge in [0.15, 0.2) is 0 Å². The Hall–Kier alpha value is -4.04. The Kier molecular flexibility index (Phi) is 7.98. The van der Waals surface area contributed by atoms with Crippen LogP contribution in [0.15, 0.2) is 72.8 Å². The van der Waals surface area contributed by atoms with Crippen LogP contribution in [-0.4, -0.2) is 47.0 Å². The van der Waals surface area contributed by atoms with Crippen LogP contribution in [0.2, 0.25) is 0 Å². The number of methoxy groups -OCH3 is 1. The number of ether oxygens (including phenoxy) is 1. The van der Waals surface area contributed by atoms with E-state index >= 15 is 0 Å². The van der Waals surface area contributed by atoms with Gasteiger partial charge in [-0.25, -0.2) is 4.68 Å². The normalized spacial score (nSPS) is 15.1. The number of aryl methyl sites for hydroxylation is 2. The van der Waals surface area contributed by atoms with Crippen molar-refractivity contribution in [3.63, 3.8) is 0 Å². The third kappa shape index (κ3) is 5.36. The Balaban J connectivity index is 1.84. The third-order valence-electron chi connectivity index (χ3n) is 6.89. The predicted molar refractivity (Wildman–Crippen MR) is 161 cm³/mol. The maximum Gasteiger partial charge on any atom is 0.240 e. The number of rotatable bonds is 7. The van der Waals surface area contributed by atoms with Gasteiger partial charge in [-0.3, -0.25) is 14.5 Å². The summed E-state index contributed by atoms with van der Waals surface area (Å²) in [7, 11) is 1.66. The minimum atomic E-state index is -0.261. The molecular weight excluding hydrogens is 520 g/mol. The van der Waals surface area contributed by atoms with Crippen LogP contribution in [0.5, 0.6) is 5.75 Å². The molecule has 0 saturated heterocycles. The van der Waals surface area contributed by atoms with Crippen LogP contribution >= 0.6 is 11.8 Å². The SMILES string of the molecule is COc1ccccc1[C@@H]1SCC(=O)N(CC(=O)NC(C)C)c2c1c(-c1ccccc1)nn2-c1ccc(C)cc1C. The van der Waals surface area contributed by atoms with Crippen molar-refractivity contribution in [2.45, 2.75) is 39.0 Å². The van der Waals surface area contributed by atoms with Gasteiger partial charge < -0.3 is 10.1 Å². The molecule has 0 aliphatic carbocycles. The summed E-state index contributed by atoms with van der Waals surface area (Å²) in [6, 6.07) is 24.0. The minimum absolute atomic E-state index is 0.0473. The fraction of sp³-hybridized carbons (Fsp3) is 0.281. The molecule has 0 saturated carbocycles. The lowest BCUT2D eigenvalue weighted by Crippen LogP contribution is -2.44. The van der Waals surface area contributed by atoms with Gasteiger partial charge >= 0.3 is 0 Å². The zero-order chi connectivity index (χ0) is 28.4. The molecule has 5 rings (SSSR count). The number of hydrogen-bond donors (Lipinski definition) is 1. The zero-order valence-corrected chi connectivity index (χ0v) is 24.3. The molecule has 4 aromatic rings. The summed E-state index contributed by atoms with van der Waals surface area (Å²) in [6.07, 6.45) is 0. The van der Waals surface area contributed by atoms with E-state index in [1.807, 2.05) is 92.2 Å². The van der Waals surface area contributed by atoms with Crippen molar-refractivity contribution in [3.05, 3.63) is 95.1 Å². The van der Waals surface area contributed by atoms with E-state index in [2.05, 4.69) is 18.3 Å². The van der Waals surface area contributed by atoms with Gasteiger partial charge in [0.2, 0.25) is 11.8 Å². The number of carbonyl (C=O) groups excluding carboxylic acids is 2. The number of carbonyl (C=O) groups is 2. The van der Waals surface area contributed by atoms with Crippen LogP contribution in [-0.2, 0) is 9.59 Å². The lowest BCUT2D eigenvalue weighted by molar-refractivity contribution is -0.123. The van der Waals surface area contributed by atoms with Gasteiger partial charge in [-0.2, -0.15) is 5.10 Å². The van der Waals surface area contributed by atoms with Crippen LogP contribution in [0.25, 0.3) is 16.9 Å². The van der Waals surface area contributed by atoms with E-state index in [0.29, 0.717) is 5.82 Å². The largest absolute Gasteiger partial charge is 0.496 e. The van der Waals surface area contributed by atoms with Gasteiger partial charge in [-0.15, -0.1) is 11.8 Å². The number of hydrogen-bond acceptors (Lipinski definition) is 5. The van der Waals surface area contributed by atoms with E-state index in [0.717, 1.165) is 44.9 Å². The second kappa shape index (κ2) is 11.6. The van der Waals surface area contributed by atoms with Crippen molar-refractivity contribution in [2.75, 3.05) is 24.3 Å². The number of nitrogens with one attached hydrogen (secondary N) is 1. The molecule has 8 heteroatoms. The van der Waals surface area contributed by atoms with E-state index in [9.17, 15) is 9.59 Å². The van der Waals surface area contributed by atoms with Crippen molar-refractivity contribution in [2.24, 2.45) is 0 Å². The van der Waals surface area contributed by atoms with E-state index in [4.69, 9.17) is 9.84 Å². The first kappa shape index (κ1) is 27.5. The highest BCUT2D eigenvalue weighted by Crippen LogP contribution is 2.50. The maximum atomic E-state index is 13.9. The Morgan fingerprint density at radius 3 is 2.50 bits per heavy atom. The standard InChI is InChI=1S/C32H34N4O3S/c1-20(2)33-27(37)18-35-28(38)19-40-31(24-13-9-10-14-26(24)39-5)29-30(23-11-7-6-8-12-23)34-36(32(29)35)25-16-15-21(3)17-22(25)4/h6-17,20,31H,18-19H2,1-5H3,(H,33,37)/t31-/m0/s1. The molecule has 1 aliphatic rings. The number of nitrogens with zero attached hydrogens (tertiary/aromatic N) is 3. The molecule has 40 heavy (non-hydrogen) atoms. The molecule has 7 nitrogen and oxygen atoms in total. The molecule has 1 aromatic heterocycles. The van der Waals surface area contributed by atoms with Gasteiger partial charge in [0, 0.05) is 22.7 Å². The molecule has 1 N–H and O–H groups in total. The summed E-state index contributed by atoms with van der Waals surface area (Å²) < 4.78 is 7.63. The lowest BCUT2D eigenvalue weighted by Gasteiger charge is -2.24. The van der Waals surface area contributed by atoms with Crippen molar-refractivity contribution in [1.82, 2.24) is 15.1 Å². The Bertz CT molecular complexity index is 1550. The highest BCUT2D eigenvalue weighted by atomic mass is 32.2. The summed E-state index contributed by atoms with van der Waals surface area (Å²) in [5.41, 5.74) is 6.55. The van der Waals surface area contributed by atoms with Gasteiger partial charge in [-0.1, -0.05) is 66.2 Å². The molecule has 206 valence electrons. The third-order valence-corrected chi connectivity index (χ3v) is 8.13. The molecular formula is C32H34N4O3S. The monoisotopic (exact) mass is 554 g/mol. The van der Waals surface area contributed by atoms with Gasteiger partial charge in [-0.05, 0) is 45.4 Å². The van der Waals surface area contributed by atoms with Crippen LogP contribution < -0.4 is 15.0 Å². The van der Waals surface area contributed by atoms with Crippen LogP contribution in [0.4, 0.5) is 5.82 Å². The van der Waals surface area contributed by atoms with Crippen molar-refractivity contribution < 1.29 is 14.3 Å². The van der Waals surface area contributed by atoms with Crippen LogP contribution in [0.1, 0.15) is 41.4 Å². The van der Waals surface area contributed by atoms with Crippen molar-refractivity contribution in [3.8, 4) is 22.7 Å². The fourth-order valence-corrected chi connectivity index (χ4v) is 6.40. The summed E-state index contributed by atoms with van der Waals surface area (Å²) in [4.78, 5) is 28.6.